The minimum absolute atomic E-state index is 0.129. The summed E-state index contributed by atoms with van der Waals surface area (Å²) in [5.41, 5.74) is 1.09. The molecule has 0 amide bonds. The largest absolute Gasteiger partial charge is 0.379 e. The molecule has 2 fully saturated rings. The maximum atomic E-state index is 13.4. The summed E-state index contributed by atoms with van der Waals surface area (Å²) in [4.78, 5) is 9.25. The third kappa shape index (κ3) is 6.38. The predicted octanol–water partition coefficient (Wildman–Crippen LogP) is 1.47. The van der Waals surface area contributed by atoms with Crippen molar-refractivity contribution in [3.8, 4) is 0 Å². The number of hydrogen-bond acceptors (Lipinski definition) is 5. The van der Waals surface area contributed by atoms with E-state index < -0.39 is 0 Å². The second-order valence-electron chi connectivity index (χ2n) is 8.06. The standard InChI is InChI=1S/C22H36FN5O2/c1-17(28-10-13-30-16-18(28)2)14-25-22(24-3)26-15-21(27-8-11-29-12-9-27)19-4-6-20(23)7-5-19/h4-7,17-18,21H,8-16H2,1-3H3,(H2,24,25,26). The summed E-state index contributed by atoms with van der Waals surface area (Å²) in [6, 6.07) is 7.74. The number of nitrogens with one attached hydrogen (secondary N) is 2. The Morgan fingerprint density at radius 1 is 1.10 bits per heavy atom. The number of rotatable bonds is 7. The number of guanidine groups is 1. The number of morpholine rings is 2. The van der Waals surface area contributed by atoms with Crippen molar-refractivity contribution in [2.24, 2.45) is 4.99 Å². The van der Waals surface area contributed by atoms with Gasteiger partial charge in [-0.1, -0.05) is 12.1 Å². The first kappa shape index (κ1) is 22.9. The van der Waals surface area contributed by atoms with Crippen molar-refractivity contribution in [1.29, 1.82) is 0 Å². The van der Waals surface area contributed by atoms with Crippen molar-refractivity contribution in [1.82, 2.24) is 20.4 Å². The molecule has 2 aliphatic rings. The van der Waals surface area contributed by atoms with Crippen LogP contribution in [0.25, 0.3) is 0 Å². The molecule has 168 valence electrons. The summed E-state index contributed by atoms with van der Waals surface area (Å²) in [7, 11) is 1.79. The predicted molar refractivity (Wildman–Crippen MR) is 117 cm³/mol. The van der Waals surface area contributed by atoms with E-state index in [9.17, 15) is 4.39 Å². The van der Waals surface area contributed by atoms with Crippen molar-refractivity contribution in [3.63, 3.8) is 0 Å². The van der Waals surface area contributed by atoms with Gasteiger partial charge in [0, 0.05) is 51.9 Å². The summed E-state index contributed by atoms with van der Waals surface area (Å²) in [6.45, 7) is 11.6. The van der Waals surface area contributed by atoms with Gasteiger partial charge in [0.2, 0.25) is 0 Å². The maximum absolute atomic E-state index is 13.4. The van der Waals surface area contributed by atoms with Crippen LogP contribution in [-0.4, -0.2) is 94.0 Å². The van der Waals surface area contributed by atoms with Gasteiger partial charge in [0.05, 0.1) is 32.5 Å². The Balaban J connectivity index is 1.56. The molecule has 2 saturated heterocycles. The molecule has 8 heteroatoms. The zero-order valence-electron chi connectivity index (χ0n) is 18.4. The molecule has 3 rings (SSSR count). The van der Waals surface area contributed by atoms with E-state index in [1.807, 2.05) is 12.1 Å². The van der Waals surface area contributed by atoms with Crippen LogP contribution in [-0.2, 0) is 9.47 Å². The molecule has 2 heterocycles. The van der Waals surface area contributed by atoms with E-state index >= 15 is 0 Å². The molecule has 2 N–H and O–H groups in total. The van der Waals surface area contributed by atoms with Crippen LogP contribution in [0.15, 0.2) is 29.3 Å². The molecular formula is C22H36FN5O2. The van der Waals surface area contributed by atoms with Crippen LogP contribution in [0.4, 0.5) is 4.39 Å². The Morgan fingerprint density at radius 3 is 2.43 bits per heavy atom. The van der Waals surface area contributed by atoms with Crippen LogP contribution in [0, 0.1) is 5.82 Å². The molecule has 0 aromatic heterocycles. The van der Waals surface area contributed by atoms with Crippen LogP contribution in [0.1, 0.15) is 25.5 Å². The van der Waals surface area contributed by atoms with Gasteiger partial charge in [0.1, 0.15) is 5.82 Å². The molecular weight excluding hydrogens is 385 g/mol. The summed E-state index contributed by atoms with van der Waals surface area (Å²) in [6.07, 6.45) is 0. The molecule has 0 radical (unpaired) electrons. The lowest BCUT2D eigenvalue weighted by Gasteiger charge is -2.38. The lowest BCUT2D eigenvalue weighted by atomic mass is 10.0. The van der Waals surface area contributed by atoms with E-state index in [0.717, 1.165) is 64.1 Å². The first-order valence-corrected chi connectivity index (χ1v) is 10.9. The molecule has 0 saturated carbocycles. The van der Waals surface area contributed by atoms with Crippen molar-refractivity contribution < 1.29 is 13.9 Å². The topological polar surface area (TPSA) is 61.4 Å². The second kappa shape index (κ2) is 11.6. The second-order valence-corrected chi connectivity index (χ2v) is 8.06. The van der Waals surface area contributed by atoms with Crippen molar-refractivity contribution in [3.05, 3.63) is 35.6 Å². The third-order valence-electron chi connectivity index (χ3n) is 5.98. The van der Waals surface area contributed by atoms with Gasteiger partial charge in [0.25, 0.3) is 0 Å². The number of hydrogen-bond donors (Lipinski definition) is 2. The summed E-state index contributed by atoms with van der Waals surface area (Å²) < 4.78 is 24.5. The quantitative estimate of drug-likeness (QED) is 0.514. The molecule has 0 spiro atoms. The van der Waals surface area contributed by atoms with Crippen LogP contribution in [0.5, 0.6) is 0 Å². The van der Waals surface area contributed by atoms with E-state index in [-0.39, 0.29) is 11.9 Å². The third-order valence-corrected chi connectivity index (χ3v) is 5.98. The maximum Gasteiger partial charge on any atom is 0.191 e. The van der Waals surface area contributed by atoms with E-state index in [2.05, 4.69) is 39.3 Å². The lowest BCUT2D eigenvalue weighted by Crippen LogP contribution is -2.53. The van der Waals surface area contributed by atoms with Gasteiger partial charge in [-0.3, -0.25) is 14.8 Å². The average Bonchev–Trinajstić information content (AvgIpc) is 2.78. The van der Waals surface area contributed by atoms with E-state index in [1.54, 1.807) is 7.05 Å². The monoisotopic (exact) mass is 421 g/mol. The normalized spacial score (nSPS) is 23.7. The van der Waals surface area contributed by atoms with Crippen LogP contribution >= 0.6 is 0 Å². The molecule has 3 unspecified atom stereocenters. The van der Waals surface area contributed by atoms with Gasteiger partial charge in [-0.25, -0.2) is 4.39 Å². The SMILES string of the molecule is CN=C(NCC(c1ccc(F)cc1)N1CCOCC1)NCC(C)N1CCOCC1C. The van der Waals surface area contributed by atoms with E-state index in [1.165, 1.54) is 12.1 Å². The zero-order chi connectivity index (χ0) is 21.3. The Morgan fingerprint density at radius 2 is 1.77 bits per heavy atom. The van der Waals surface area contributed by atoms with Crippen LogP contribution in [0.3, 0.4) is 0 Å². The molecule has 1 aromatic rings. The van der Waals surface area contributed by atoms with Crippen LogP contribution in [0.2, 0.25) is 0 Å². The lowest BCUT2D eigenvalue weighted by molar-refractivity contribution is -0.0174. The molecule has 30 heavy (non-hydrogen) atoms. The molecule has 0 aliphatic carbocycles. The average molecular weight is 422 g/mol. The molecule has 7 nitrogen and oxygen atoms in total. The fourth-order valence-corrected chi connectivity index (χ4v) is 4.20. The zero-order valence-corrected chi connectivity index (χ0v) is 18.4. The minimum atomic E-state index is -0.212. The molecule has 2 aliphatic heterocycles. The van der Waals surface area contributed by atoms with Crippen molar-refractivity contribution in [2.45, 2.75) is 32.0 Å². The van der Waals surface area contributed by atoms with Gasteiger partial charge in [-0.05, 0) is 31.5 Å². The summed E-state index contributed by atoms with van der Waals surface area (Å²) in [5.74, 6) is 0.569. The highest BCUT2D eigenvalue weighted by molar-refractivity contribution is 5.79. The van der Waals surface area contributed by atoms with Crippen molar-refractivity contribution >= 4 is 5.96 Å². The number of benzene rings is 1. The molecule has 3 atom stereocenters. The summed E-state index contributed by atoms with van der Waals surface area (Å²) >= 11 is 0. The minimum Gasteiger partial charge on any atom is -0.379 e. The van der Waals surface area contributed by atoms with Gasteiger partial charge in [-0.2, -0.15) is 0 Å². The molecule has 0 bridgehead atoms. The highest BCUT2D eigenvalue weighted by atomic mass is 19.1. The number of halogens is 1. The van der Waals surface area contributed by atoms with Gasteiger partial charge >= 0.3 is 0 Å². The Labute approximate surface area is 179 Å². The fourth-order valence-electron chi connectivity index (χ4n) is 4.20. The van der Waals surface area contributed by atoms with Crippen LogP contribution < -0.4 is 10.6 Å². The number of nitrogens with zero attached hydrogens (tertiary/aromatic N) is 3. The number of aliphatic imine (C=N–C) groups is 1. The summed E-state index contributed by atoms with van der Waals surface area (Å²) in [5, 5.41) is 6.93. The van der Waals surface area contributed by atoms with E-state index in [4.69, 9.17) is 9.47 Å². The Kier molecular flexibility index (Phi) is 8.87. The Bertz CT molecular complexity index is 666. The first-order valence-electron chi connectivity index (χ1n) is 10.9. The van der Waals surface area contributed by atoms with E-state index in [0.29, 0.717) is 18.6 Å². The van der Waals surface area contributed by atoms with Gasteiger partial charge < -0.3 is 20.1 Å². The highest BCUT2D eigenvalue weighted by Gasteiger charge is 2.25. The fraction of sp³-hybridized carbons (Fsp3) is 0.682. The Hall–Kier alpha value is -1.74. The van der Waals surface area contributed by atoms with Crippen molar-refractivity contribution in [2.75, 3.05) is 66.2 Å². The number of ether oxygens (including phenoxy) is 2. The van der Waals surface area contributed by atoms with Gasteiger partial charge in [0.15, 0.2) is 5.96 Å². The molecule has 1 aromatic carbocycles. The van der Waals surface area contributed by atoms with Gasteiger partial charge in [-0.15, -0.1) is 0 Å². The smallest absolute Gasteiger partial charge is 0.191 e. The first-order chi connectivity index (χ1) is 14.6. The highest BCUT2D eigenvalue weighted by Crippen LogP contribution is 2.21.